The van der Waals surface area contributed by atoms with Crippen LogP contribution in [0.25, 0.3) is 0 Å². The fraction of sp³-hybridized carbons (Fsp3) is 0.500. The normalized spacial score (nSPS) is 9.93. The van der Waals surface area contributed by atoms with Gasteiger partial charge in [0, 0.05) is 6.07 Å². The zero-order valence-corrected chi connectivity index (χ0v) is 9.17. The van der Waals surface area contributed by atoms with Gasteiger partial charge in [-0.25, -0.2) is 0 Å². The van der Waals surface area contributed by atoms with Crippen LogP contribution in [0.15, 0.2) is 18.2 Å². The molecule has 1 aromatic rings. The Balaban J connectivity index is 2.91. The second-order valence-electron chi connectivity index (χ2n) is 3.16. The second kappa shape index (κ2) is 5.53. The van der Waals surface area contributed by atoms with E-state index in [1.54, 1.807) is 7.11 Å². The summed E-state index contributed by atoms with van der Waals surface area (Å²) < 4.78 is 10.7. The molecule has 0 aliphatic heterocycles. The van der Waals surface area contributed by atoms with E-state index >= 15 is 0 Å². The zero-order valence-electron chi connectivity index (χ0n) is 9.17. The zero-order chi connectivity index (χ0) is 10.4. The van der Waals surface area contributed by atoms with Crippen molar-refractivity contribution in [2.24, 2.45) is 0 Å². The first-order valence-electron chi connectivity index (χ1n) is 5.11. The molecule has 0 heterocycles. The van der Waals surface area contributed by atoms with E-state index < -0.39 is 0 Å². The summed E-state index contributed by atoms with van der Waals surface area (Å²) in [6.07, 6.45) is 2.19. The lowest BCUT2D eigenvalue weighted by Gasteiger charge is -2.10. The van der Waals surface area contributed by atoms with Crippen LogP contribution in [0, 0.1) is 0 Å². The van der Waals surface area contributed by atoms with Gasteiger partial charge in [0.05, 0.1) is 13.7 Å². The van der Waals surface area contributed by atoms with Crippen LogP contribution in [-0.4, -0.2) is 13.7 Å². The van der Waals surface area contributed by atoms with Gasteiger partial charge in [-0.05, 0) is 25.0 Å². The van der Waals surface area contributed by atoms with Gasteiger partial charge in [-0.3, -0.25) is 0 Å². The van der Waals surface area contributed by atoms with Crippen molar-refractivity contribution in [2.75, 3.05) is 13.7 Å². The molecule has 1 rings (SSSR count). The van der Waals surface area contributed by atoms with Crippen molar-refractivity contribution in [1.82, 2.24) is 0 Å². The highest BCUT2D eigenvalue weighted by Crippen LogP contribution is 2.25. The molecule has 0 aliphatic rings. The molecule has 0 spiro atoms. The molecule has 0 fully saturated rings. The van der Waals surface area contributed by atoms with Crippen LogP contribution in [-0.2, 0) is 6.42 Å². The predicted molar refractivity (Wildman–Crippen MR) is 58.2 cm³/mol. The molecule has 2 nitrogen and oxygen atoms in total. The number of ether oxygens (including phenoxy) is 2. The van der Waals surface area contributed by atoms with Gasteiger partial charge in [0.1, 0.15) is 11.5 Å². The predicted octanol–water partition coefficient (Wildman–Crippen LogP) is 3.05. The van der Waals surface area contributed by atoms with Gasteiger partial charge in [-0.1, -0.05) is 19.4 Å². The van der Waals surface area contributed by atoms with Crippen molar-refractivity contribution in [3.05, 3.63) is 23.8 Å². The first-order chi connectivity index (χ1) is 6.81. The lowest BCUT2D eigenvalue weighted by molar-refractivity contribution is 0.332. The number of hydrogen-bond acceptors (Lipinski definition) is 2. The van der Waals surface area contributed by atoms with Crippen molar-refractivity contribution >= 4 is 0 Å². The standard InChI is InChI=1S/C12H18O2/c1-4-6-10-7-8-11(13-3)9-12(10)14-5-2/h7-9H,4-6H2,1-3H3. The Morgan fingerprint density at radius 1 is 1.21 bits per heavy atom. The number of rotatable bonds is 5. The molecule has 0 atom stereocenters. The minimum absolute atomic E-state index is 0.698. The average Bonchev–Trinajstić information content (AvgIpc) is 2.21. The maximum atomic E-state index is 5.55. The highest BCUT2D eigenvalue weighted by atomic mass is 16.5. The molecule has 0 saturated carbocycles. The molecular formula is C12H18O2. The van der Waals surface area contributed by atoms with Gasteiger partial charge in [-0.2, -0.15) is 0 Å². The van der Waals surface area contributed by atoms with Gasteiger partial charge in [0.25, 0.3) is 0 Å². The lowest BCUT2D eigenvalue weighted by Crippen LogP contribution is -1.97. The maximum absolute atomic E-state index is 5.55. The monoisotopic (exact) mass is 194 g/mol. The molecule has 0 unspecified atom stereocenters. The summed E-state index contributed by atoms with van der Waals surface area (Å²) in [5.41, 5.74) is 1.26. The molecule has 0 radical (unpaired) electrons. The Morgan fingerprint density at radius 2 is 2.00 bits per heavy atom. The SMILES string of the molecule is CCCc1ccc(OC)cc1OCC. The molecule has 0 aliphatic carbocycles. The molecule has 78 valence electrons. The summed E-state index contributed by atoms with van der Waals surface area (Å²) in [5.74, 6) is 1.81. The van der Waals surface area contributed by atoms with E-state index in [4.69, 9.17) is 9.47 Å². The van der Waals surface area contributed by atoms with E-state index in [0.717, 1.165) is 24.3 Å². The maximum Gasteiger partial charge on any atom is 0.126 e. The fourth-order valence-corrected chi connectivity index (χ4v) is 1.43. The van der Waals surface area contributed by atoms with Crippen LogP contribution < -0.4 is 9.47 Å². The fourth-order valence-electron chi connectivity index (χ4n) is 1.43. The smallest absolute Gasteiger partial charge is 0.126 e. The number of methoxy groups -OCH3 is 1. The van der Waals surface area contributed by atoms with E-state index in [9.17, 15) is 0 Å². The molecular weight excluding hydrogens is 176 g/mol. The van der Waals surface area contributed by atoms with Crippen LogP contribution in [0.3, 0.4) is 0 Å². The summed E-state index contributed by atoms with van der Waals surface area (Å²) >= 11 is 0. The number of benzene rings is 1. The largest absolute Gasteiger partial charge is 0.497 e. The van der Waals surface area contributed by atoms with Crippen LogP contribution in [0.2, 0.25) is 0 Å². The molecule has 1 aromatic carbocycles. The van der Waals surface area contributed by atoms with Crippen molar-refractivity contribution in [2.45, 2.75) is 26.7 Å². The summed E-state index contributed by atoms with van der Waals surface area (Å²) in [7, 11) is 1.67. The Hall–Kier alpha value is -1.18. The summed E-state index contributed by atoms with van der Waals surface area (Å²) in [5, 5.41) is 0. The van der Waals surface area contributed by atoms with Crippen LogP contribution in [0.1, 0.15) is 25.8 Å². The molecule has 0 aromatic heterocycles. The lowest BCUT2D eigenvalue weighted by atomic mass is 10.1. The summed E-state index contributed by atoms with van der Waals surface area (Å²) in [4.78, 5) is 0. The molecule has 14 heavy (non-hydrogen) atoms. The van der Waals surface area contributed by atoms with E-state index in [1.807, 2.05) is 19.1 Å². The van der Waals surface area contributed by atoms with Gasteiger partial charge < -0.3 is 9.47 Å². The quantitative estimate of drug-likeness (QED) is 0.717. The Bertz CT molecular complexity index is 282. The molecule has 0 saturated heterocycles. The first kappa shape index (κ1) is 10.9. The molecule has 0 N–H and O–H groups in total. The average molecular weight is 194 g/mol. The van der Waals surface area contributed by atoms with E-state index in [1.165, 1.54) is 5.56 Å². The first-order valence-corrected chi connectivity index (χ1v) is 5.11. The highest BCUT2D eigenvalue weighted by Gasteiger charge is 2.04. The van der Waals surface area contributed by atoms with Gasteiger partial charge >= 0.3 is 0 Å². The van der Waals surface area contributed by atoms with E-state index in [2.05, 4.69) is 13.0 Å². The Morgan fingerprint density at radius 3 is 2.57 bits per heavy atom. The molecule has 0 bridgehead atoms. The topological polar surface area (TPSA) is 18.5 Å². The van der Waals surface area contributed by atoms with Crippen molar-refractivity contribution in [3.63, 3.8) is 0 Å². The van der Waals surface area contributed by atoms with Gasteiger partial charge in [0.2, 0.25) is 0 Å². The molecule has 2 heteroatoms. The van der Waals surface area contributed by atoms with E-state index in [-0.39, 0.29) is 0 Å². The number of aryl methyl sites for hydroxylation is 1. The van der Waals surface area contributed by atoms with Crippen LogP contribution in [0.5, 0.6) is 11.5 Å². The van der Waals surface area contributed by atoms with Crippen molar-refractivity contribution < 1.29 is 9.47 Å². The third-order valence-electron chi connectivity index (χ3n) is 2.09. The van der Waals surface area contributed by atoms with Crippen molar-refractivity contribution in [1.29, 1.82) is 0 Å². The van der Waals surface area contributed by atoms with Crippen LogP contribution in [0.4, 0.5) is 0 Å². The highest BCUT2D eigenvalue weighted by molar-refractivity contribution is 5.40. The van der Waals surface area contributed by atoms with Crippen molar-refractivity contribution in [3.8, 4) is 11.5 Å². The number of hydrogen-bond donors (Lipinski definition) is 0. The molecule has 0 amide bonds. The Labute approximate surface area is 85.8 Å². The third-order valence-corrected chi connectivity index (χ3v) is 2.09. The van der Waals surface area contributed by atoms with Gasteiger partial charge in [0.15, 0.2) is 0 Å². The minimum atomic E-state index is 0.698. The summed E-state index contributed by atoms with van der Waals surface area (Å²) in [6.45, 7) is 4.86. The third kappa shape index (κ3) is 2.66. The second-order valence-corrected chi connectivity index (χ2v) is 3.16. The minimum Gasteiger partial charge on any atom is -0.497 e. The van der Waals surface area contributed by atoms with Crippen LogP contribution >= 0.6 is 0 Å². The Kier molecular flexibility index (Phi) is 4.30. The van der Waals surface area contributed by atoms with E-state index in [0.29, 0.717) is 6.61 Å². The van der Waals surface area contributed by atoms with Gasteiger partial charge in [-0.15, -0.1) is 0 Å². The summed E-state index contributed by atoms with van der Waals surface area (Å²) in [6, 6.07) is 6.01.